The van der Waals surface area contributed by atoms with Crippen molar-refractivity contribution in [1.82, 2.24) is 10.9 Å². The molecule has 150 valence electrons. The van der Waals surface area contributed by atoms with E-state index in [1.807, 2.05) is 0 Å². The van der Waals surface area contributed by atoms with E-state index in [9.17, 15) is 9.59 Å². The highest BCUT2D eigenvalue weighted by molar-refractivity contribution is 6.35. The number of amides is 2. The van der Waals surface area contributed by atoms with E-state index in [4.69, 9.17) is 0 Å². The molecule has 0 aromatic heterocycles. The molecule has 0 bridgehead atoms. The van der Waals surface area contributed by atoms with E-state index in [0.29, 0.717) is 23.7 Å². The molecular formula is C20H38N4O2. The van der Waals surface area contributed by atoms with Gasteiger partial charge in [0.1, 0.15) is 0 Å². The third kappa shape index (κ3) is 12.6. The summed E-state index contributed by atoms with van der Waals surface area (Å²) < 4.78 is 0. The lowest BCUT2D eigenvalue weighted by Crippen LogP contribution is -2.36. The first-order chi connectivity index (χ1) is 12.0. The van der Waals surface area contributed by atoms with Crippen molar-refractivity contribution in [3.8, 4) is 0 Å². The number of carbonyl (C=O) groups is 2. The van der Waals surface area contributed by atoms with Gasteiger partial charge in [0.05, 0.1) is 0 Å². The van der Waals surface area contributed by atoms with Gasteiger partial charge in [-0.1, -0.05) is 55.4 Å². The van der Waals surface area contributed by atoms with Crippen LogP contribution in [0.1, 0.15) is 81.1 Å². The van der Waals surface area contributed by atoms with Crippen LogP contribution in [0.3, 0.4) is 0 Å². The zero-order valence-electron chi connectivity index (χ0n) is 17.8. The van der Waals surface area contributed by atoms with Crippen LogP contribution in [0.15, 0.2) is 10.2 Å². The van der Waals surface area contributed by atoms with Crippen LogP contribution in [0, 0.1) is 23.7 Å². The van der Waals surface area contributed by atoms with Crippen molar-refractivity contribution in [2.45, 2.75) is 81.1 Å². The minimum atomic E-state index is -0.785. The lowest BCUT2D eigenvalue weighted by atomic mass is 9.99. The molecule has 2 N–H and O–H groups in total. The zero-order valence-corrected chi connectivity index (χ0v) is 17.8. The summed E-state index contributed by atoms with van der Waals surface area (Å²) >= 11 is 0. The zero-order chi connectivity index (χ0) is 20.3. The summed E-state index contributed by atoms with van der Waals surface area (Å²) in [4.78, 5) is 24.0. The van der Waals surface area contributed by atoms with Crippen LogP contribution < -0.4 is 10.9 Å². The average Bonchev–Trinajstić information content (AvgIpc) is 2.47. The first-order valence-corrected chi connectivity index (χ1v) is 9.72. The molecule has 0 heterocycles. The Bertz CT molecular complexity index is 436. The highest BCUT2D eigenvalue weighted by Gasteiger charge is 2.14. The third-order valence-electron chi connectivity index (χ3n) is 3.41. The minimum Gasteiger partial charge on any atom is -0.262 e. The van der Waals surface area contributed by atoms with Gasteiger partial charge >= 0.3 is 11.8 Å². The fraction of sp³-hybridized carbons (Fsp3) is 0.800. The second-order valence-electron chi connectivity index (χ2n) is 8.63. The molecule has 0 fully saturated rings. The van der Waals surface area contributed by atoms with Gasteiger partial charge in [-0.05, 0) is 49.4 Å². The second kappa shape index (κ2) is 12.6. The summed E-state index contributed by atoms with van der Waals surface area (Å²) in [6, 6.07) is 0. The number of hydrogen-bond acceptors (Lipinski definition) is 4. The summed E-state index contributed by atoms with van der Waals surface area (Å²) in [6.07, 6.45) is 3.19. The van der Waals surface area contributed by atoms with Crippen molar-refractivity contribution >= 4 is 23.2 Å². The topological polar surface area (TPSA) is 82.9 Å². The van der Waals surface area contributed by atoms with E-state index in [0.717, 1.165) is 37.1 Å². The summed E-state index contributed by atoms with van der Waals surface area (Å²) in [5.74, 6) is 0.198. The van der Waals surface area contributed by atoms with E-state index in [2.05, 4.69) is 76.4 Å². The van der Waals surface area contributed by atoms with E-state index >= 15 is 0 Å². The first kappa shape index (κ1) is 24.3. The van der Waals surface area contributed by atoms with Gasteiger partial charge in [-0.25, -0.2) is 10.9 Å². The van der Waals surface area contributed by atoms with Crippen LogP contribution in [0.5, 0.6) is 0 Å². The maximum atomic E-state index is 12.0. The van der Waals surface area contributed by atoms with Crippen molar-refractivity contribution in [2.24, 2.45) is 33.9 Å². The molecule has 0 rings (SSSR count). The predicted octanol–water partition coefficient (Wildman–Crippen LogP) is 4.12. The standard InChI is InChI=1S/C20H38N4O2/c1-13(2)9-17(10-14(3)4)21-23-19(25)20(26)24-22-18(11-15(5)6)12-16(7)8/h13-16H,9-12H2,1-8H3,(H,23,25)(H,24,26). The SMILES string of the molecule is CC(C)CC(CC(C)C)=NNC(=O)C(=O)NN=C(CC(C)C)CC(C)C. The lowest BCUT2D eigenvalue weighted by Gasteiger charge is -2.12. The van der Waals surface area contributed by atoms with Gasteiger partial charge in [-0.3, -0.25) is 9.59 Å². The summed E-state index contributed by atoms with van der Waals surface area (Å²) in [6.45, 7) is 16.8. The van der Waals surface area contributed by atoms with Gasteiger partial charge in [0.15, 0.2) is 0 Å². The van der Waals surface area contributed by atoms with Gasteiger partial charge in [-0.2, -0.15) is 10.2 Å². The fourth-order valence-electron chi connectivity index (χ4n) is 2.60. The van der Waals surface area contributed by atoms with Crippen molar-refractivity contribution in [2.75, 3.05) is 0 Å². The largest absolute Gasteiger partial charge is 0.331 e. The van der Waals surface area contributed by atoms with Crippen LogP contribution in [0.25, 0.3) is 0 Å². The smallest absolute Gasteiger partial charge is 0.262 e. The number of hydrazone groups is 2. The summed E-state index contributed by atoms with van der Waals surface area (Å²) in [5, 5.41) is 8.31. The van der Waals surface area contributed by atoms with E-state index in [-0.39, 0.29) is 0 Å². The Morgan fingerprint density at radius 2 is 0.808 bits per heavy atom. The molecule has 0 atom stereocenters. The average molecular weight is 367 g/mol. The van der Waals surface area contributed by atoms with Gasteiger partial charge in [0.2, 0.25) is 0 Å². The summed E-state index contributed by atoms with van der Waals surface area (Å²) in [5.41, 5.74) is 6.54. The molecule has 0 saturated carbocycles. The molecule has 26 heavy (non-hydrogen) atoms. The number of nitrogens with one attached hydrogen (secondary N) is 2. The first-order valence-electron chi connectivity index (χ1n) is 9.72. The third-order valence-corrected chi connectivity index (χ3v) is 3.41. The van der Waals surface area contributed by atoms with Crippen molar-refractivity contribution in [1.29, 1.82) is 0 Å². The molecule has 6 heteroatoms. The molecule has 0 unspecified atom stereocenters. The van der Waals surface area contributed by atoms with Crippen LogP contribution >= 0.6 is 0 Å². The highest BCUT2D eigenvalue weighted by atomic mass is 16.2. The maximum absolute atomic E-state index is 12.0. The quantitative estimate of drug-likeness (QED) is 0.346. The molecule has 0 radical (unpaired) electrons. The minimum absolute atomic E-state index is 0.442. The molecule has 0 saturated heterocycles. The Morgan fingerprint density at radius 3 is 1.00 bits per heavy atom. The summed E-state index contributed by atoms with van der Waals surface area (Å²) in [7, 11) is 0. The normalized spacial score (nSPS) is 11.1. The van der Waals surface area contributed by atoms with Crippen molar-refractivity contribution < 1.29 is 9.59 Å². The number of carbonyl (C=O) groups excluding carboxylic acids is 2. The van der Waals surface area contributed by atoms with E-state index in [1.165, 1.54) is 0 Å². The van der Waals surface area contributed by atoms with Gasteiger partial charge < -0.3 is 0 Å². The molecule has 0 aromatic carbocycles. The Morgan fingerprint density at radius 1 is 0.577 bits per heavy atom. The van der Waals surface area contributed by atoms with Crippen LogP contribution in [0.2, 0.25) is 0 Å². The van der Waals surface area contributed by atoms with E-state index in [1.54, 1.807) is 0 Å². The van der Waals surface area contributed by atoms with Gasteiger partial charge in [0.25, 0.3) is 0 Å². The Hall–Kier alpha value is -1.72. The molecular weight excluding hydrogens is 328 g/mol. The van der Waals surface area contributed by atoms with Crippen LogP contribution in [-0.2, 0) is 9.59 Å². The lowest BCUT2D eigenvalue weighted by molar-refractivity contribution is -0.139. The number of nitrogens with zero attached hydrogens (tertiary/aromatic N) is 2. The van der Waals surface area contributed by atoms with Crippen LogP contribution in [-0.4, -0.2) is 23.2 Å². The second-order valence-corrected chi connectivity index (χ2v) is 8.63. The van der Waals surface area contributed by atoms with Crippen molar-refractivity contribution in [3.63, 3.8) is 0 Å². The Labute approximate surface area is 159 Å². The number of rotatable bonds is 10. The van der Waals surface area contributed by atoms with E-state index < -0.39 is 11.8 Å². The van der Waals surface area contributed by atoms with Crippen molar-refractivity contribution in [3.05, 3.63) is 0 Å². The number of hydrogen-bond donors (Lipinski definition) is 2. The maximum Gasteiger partial charge on any atom is 0.331 e. The molecule has 0 aliphatic heterocycles. The molecule has 6 nitrogen and oxygen atoms in total. The van der Waals surface area contributed by atoms with Gasteiger partial charge in [-0.15, -0.1) is 0 Å². The van der Waals surface area contributed by atoms with Crippen LogP contribution in [0.4, 0.5) is 0 Å². The molecule has 0 aliphatic carbocycles. The predicted molar refractivity (Wildman–Crippen MR) is 109 cm³/mol. The molecule has 0 aliphatic rings. The molecule has 0 aromatic rings. The molecule has 0 spiro atoms. The van der Waals surface area contributed by atoms with Gasteiger partial charge in [0, 0.05) is 11.4 Å². The fourth-order valence-corrected chi connectivity index (χ4v) is 2.60. The monoisotopic (exact) mass is 366 g/mol. The Kier molecular flexibility index (Phi) is 11.8. The molecule has 2 amide bonds. The highest BCUT2D eigenvalue weighted by Crippen LogP contribution is 2.10. The Balaban J connectivity index is 4.83.